The summed E-state index contributed by atoms with van der Waals surface area (Å²) >= 11 is 15.7. The molecule has 1 aromatic heterocycles. The Morgan fingerprint density at radius 1 is 1.11 bits per heavy atom. The molecule has 3 N–H and O–H groups in total. The molecule has 3 atom stereocenters. The van der Waals surface area contributed by atoms with E-state index in [1.54, 1.807) is 29.2 Å². The SMILES string of the molecule is O=C(NC(Cc1ccc2c(c1)C(Sc1ccccc1)CC(c1nccs1)N2)C(=O)O)c1c(Cl)cccc1Cl. The minimum atomic E-state index is -1.16. The first-order valence-electron chi connectivity index (χ1n) is 11.9. The standard InChI is InChI=1S/C28H23Cl2N3O3S2/c29-19-7-4-8-20(30)25(19)26(34)33-23(28(35)36)14-16-9-10-21-18(13-16)24(38-17-5-2-1-3-6-17)15-22(32-21)27-31-11-12-37-27/h1-13,22-24,32H,14-15H2,(H,33,34)(H,35,36). The fourth-order valence-electron chi connectivity index (χ4n) is 4.45. The number of carbonyl (C=O) groups excluding carboxylic acids is 1. The first-order chi connectivity index (χ1) is 18.4. The number of carboxylic acids is 1. The van der Waals surface area contributed by atoms with Crippen LogP contribution in [-0.4, -0.2) is 28.0 Å². The van der Waals surface area contributed by atoms with Gasteiger partial charge in [0.05, 0.1) is 21.7 Å². The number of hydrogen-bond donors (Lipinski definition) is 3. The molecular formula is C28H23Cl2N3O3S2. The van der Waals surface area contributed by atoms with Gasteiger partial charge >= 0.3 is 5.97 Å². The van der Waals surface area contributed by atoms with Crippen LogP contribution in [0.5, 0.6) is 0 Å². The van der Waals surface area contributed by atoms with Crippen molar-refractivity contribution in [3.63, 3.8) is 0 Å². The fraction of sp³-hybridized carbons (Fsp3) is 0.179. The van der Waals surface area contributed by atoms with E-state index in [1.165, 1.54) is 12.1 Å². The van der Waals surface area contributed by atoms with Gasteiger partial charge in [0.2, 0.25) is 0 Å². The Kier molecular flexibility index (Phi) is 8.24. The predicted octanol–water partition coefficient (Wildman–Crippen LogP) is 7.27. The highest BCUT2D eigenvalue weighted by atomic mass is 35.5. The number of carboxylic acid groups (broad SMARTS) is 1. The third-order valence-electron chi connectivity index (χ3n) is 6.25. The predicted molar refractivity (Wildman–Crippen MR) is 154 cm³/mol. The lowest BCUT2D eigenvalue weighted by Crippen LogP contribution is -2.42. The number of halogens is 2. The summed E-state index contributed by atoms with van der Waals surface area (Å²) in [7, 11) is 0. The second-order valence-electron chi connectivity index (χ2n) is 8.81. The van der Waals surface area contributed by atoms with Crippen LogP contribution >= 0.6 is 46.3 Å². The van der Waals surface area contributed by atoms with Crippen LogP contribution in [0.15, 0.2) is 83.2 Å². The number of thiazole rings is 1. The van der Waals surface area contributed by atoms with Crippen LogP contribution in [0, 0.1) is 0 Å². The zero-order valence-electron chi connectivity index (χ0n) is 19.9. The number of fused-ring (bicyclic) bond motifs is 1. The maximum atomic E-state index is 12.9. The van der Waals surface area contributed by atoms with E-state index >= 15 is 0 Å². The van der Waals surface area contributed by atoms with Crippen LogP contribution in [0.25, 0.3) is 0 Å². The van der Waals surface area contributed by atoms with E-state index in [1.807, 2.05) is 48.0 Å². The molecule has 0 fully saturated rings. The maximum Gasteiger partial charge on any atom is 0.326 e. The second kappa shape index (κ2) is 11.8. The van der Waals surface area contributed by atoms with E-state index < -0.39 is 17.9 Å². The molecule has 194 valence electrons. The Balaban J connectivity index is 1.41. The number of aromatic nitrogens is 1. The molecule has 4 aromatic rings. The molecule has 10 heteroatoms. The van der Waals surface area contributed by atoms with E-state index in [9.17, 15) is 14.7 Å². The number of rotatable bonds is 8. The zero-order chi connectivity index (χ0) is 26.6. The van der Waals surface area contributed by atoms with Gasteiger partial charge in [0.25, 0.3) is 5.91 Å². The molecule has 0 saturated heterocycles. The monoisotopic (exact) mass is 583 g/mol. The lowest BCUT2D eigenvalue weighted by Gasteiger charge is -2.32. The highest BCUT2D eigenvalue weighted by molar-refractivity contribution is 7.99. The van der Waals surface area contributed by atoms with Crippen molar-refractivity contribution in [2.45, 2.75) is 35.1 Å². The fourth-order valence-corrected chi connectivity index (χ4v) is 6.97. The Hall–Kier alpha value is -3.04. The second-order valence-corrected chi connectivity index (χ2v) is 11.8. The van der Waals surface area contributed by atoms with E-state index in [0.29, 0.717) is 0 Å². The molecule has 5 rings (SSSR count). The Morgan fingerprint density at radius 3 is 2.55 bits per heavy atom. The van der Waals surface area contributed by atoms with Crippen molar-refractivity contribution < 1.29 is 14.7 Å². The van der Waals surface area contributed by atoms with Crippen LogP contribution in [0.2, 0.25) is 10.0 Å². The van der Waals surface area contributed by atoms with Crippen molar-refractivity contribution in [1.82, 2.24) is 10.3 Å². The van der Waals surface area contributed by atoms with Crippen LogP contribution in [0.1, 0.15) is 44.2 Å². The summed E-state index contributed by atoms with van der Waals surface area (Å²) in [6, 6.07) is 19.7. The summed E-state index contributed by atoms with van der Waals surface area (Å²) in [6.45, 7) is 0. The molecule has 1 amide bonds. The molecule has 0 aliphatic carbocycles. The lowest BCUT2D eigenvalue weighted by molar-refractivity contribution is -0.139. The summed E-state index contributed by atoms with van der Waals surface area (Å²) in [5, 5.41) is 19.5. The topological polar surface area (TPSA) is 91.3 Å². The largest absolute Gasteiger partial charge is 0.480 e. The molecule has 38 heavy (non-hydrogen) atoms. The molecule has 1 aliphatic rings. The van der Waals surface area contributed by atoms with Crippen LogP contribution in [0.3, 0.4) is 0 Å². The van der Waals surface area contributed by atoms with Crippen molar-refractivity contribution >= 4 is 63.9 Å². The van der Waals surface area contributed by atoms with Gasteiger partial charge in [-0.15, -0.1) is 23.1 Å². The molecule has 0 radical (unpaired) electrons. The van der Waals surface area contributed by atoms with E-state index in [0.717, 1.165) is 33.1 Å². The Labute approximate surface area is 238 Å². The van der Waals surface area contributed by atoms with Gasteiger partial charge in [0.1, 0.15) is 11.0 Å². The first-order valence-corrected chi connectivity index (χ1v) is 14.4. The van der Waals surface area contributed by atoms with E-state index in [4.69, 9.17) is 23.2 Å². The number of benzene rings is 3. The highest BCUT2D eigenvalue weighted by Crippen LogP contribution is 2.49. The number of anilines is 1. The van der Waals surface area contributed by atoms with Gasteiger partial charge in [-0.2, -0.15) is 0 Å². The molecule has 0 bridgehead atoms. The number of thioether (sulfide) groups is 1. The number of aliphatic carboxylic acids is 1. The van der Waals surface area contributed by atoms with Gasteiger partial charge in [-0.25, -0.2) is 9.78 Å². The van der Waals surface area contributed by atoms with Crippen LogP contribution in [0.4, 0.5) is 5.69 Å². The van der Waals surface area contributed by atoms with Crippen molar-refractivity contribution in [1.29, 1.82) is 0 Å². The van der Waals surface area contributed by atoms with E-state index in [-0.39, 0.29) is 33.3 Å². The van der Waals surface area contributed by atoms with Gasteiger partial charge in [-0.3, -0.25) is 4.79 Å². The normalized spacial score (nSPS) is 17.2. The average Bonchev–Trinajstić information content (AvgIpc) is 3.44. The number of hydrogen-bond acceptors (Lipinski definition) is 6. The smallest absolute Gasteiger partial charge is 0.326 e. The highest BCUT2D eigenvalue weighted by Gasteiger charge is 2.31. The van der Waals surface area contributed by atoms with Gasteiger partial charge in [0, 0.05) is 33.8 Å². The summed E-state index contributed by atoms with van der Waals surface area (Å²) in [4.78, 5) is 30.6. The number of nitrogens with zero attached hydrogens (tertiary/aromatic N) is 1. The van der Waals surface area contributed by atoms with Crippen molar-refractivity contribution in [3.05, 3.63) is 110 Å². The quantitative estimate of drug-likeness (QED) is 0.202. The van der Waals surface area contributed by atoms with Crippen LogP contribution < -0.4 is 10.6 Å². The molecule has 0 spiro atoms. The lowest BCUT2D eigenvalue weighted by atomic mass is 9.94. The third-order valence-corrected chi connectivity index (χ3v) is 9.04. The van der Waals surface area contributed by atoms with Gasteiger partial charge < -0.3 is 15.7 Å². The number of amides is 1. The Morgan fingerprint density at radius 2 is 1.87 bits per heavy atom. The van der Waals surface area contributed by atoms with E-state index in [2.05, 4.69) is 27.8 Å². The van der Waals surface area contributed by atoms with Gasteiger partial charge in [0.15, 0.2) is 0 Å². The first kappa shape index (κ1) is 26.6. The Bertz CT molecular complexity index is 1430. The summed E-state index contributed by atoms with van der Waals surface area (Å²) < 4.78 is 0. The molecule has 1 aliphatic heterocycles. The van der Waals surface area contributed by atoms with Crippen molar-refractivity contribution in [2.75, 3.05) is 5.32 Å². The van der Waals surface area contributed by atoms with Gasteiger partial charge in [-0.1, -0.05) is 59.6 Å². The average molecular weight is 585 g/mol. The van der Waals surface area contributed by atoms with Crippen molar-refractivity contribution in [3.8, 4) is 0 Å². The number of carbonyl (C=O) groups is 2. The third kappa shape index (κ3) is 5.99. The summed E-state index contributed by atoms with van der Waals surface area (Å²) in [5.41, 5.74) is 2.94. The molecule has 0 saturated carbocycles. The molecular weight excluding hydrogens is 561 g/mol. The molecule has 6 nitrogen and oxygen atoms in total. The maximum absolute atomic E-state index is 12.9. The van der Waals surface area contributed by atoms with Crippen molar-refractivity contribution in [2.24, 2.45) is 0 Å². The minimum absolute atomic E-state index is 0.0595. The van der Waals surface area contributed by atoms with Crippen LogP contribution in [-0.2, 0) is 11.2 Å². The number of nitrogens with one attached hydrogen (secondary N) is 2. The minimum Gasteiger partial charge on any atom is -0.480 e. The summed E-state index contributed by atoms with van der Waals surface area (Å²) in [6.07, 6.45) is 2.75. The zero-order valence-corrected chi connectivity index (χ0v) is 23.1. The summed E-state index contributed by atoms with van der Waals surface area (Å²) in [5.74, 6) is -1.77. The molecule has 2 heterocycles. The molecule has 3 unspecified atom stereocenters. The molecule has 3 aromatic carbocycles. The van der Waals surface area contributed by atoms with Gasteiger partial charge in [-0.05, 0) is 47.9 Å².